The van der Waals surface area contributed by atoms with Crippen LogP contribution in [0.15, 0.2) is 18.2 Å². The number of aliphatic hydroxyl groups excluding tert-OH is 1. The van der Waals surface area contributed by atoms with Gasteiger partial charge in [-0.1, -0.05) is 0 Å². The smallest absolute Gasteiger partial charge is 0.311 e. The van der Waals surface area contributed by atoms with Gasteiger partial charge in [0.15, 0.2) is 0 Å². The third-order valence-corrected chi connectivity index (χ3v) is 7.62. The van der Waals surface area contributed by atoms with Crippen LogP contribution in [-0.2, 0) is 20.7 Å². The van der Waals surface area contributed by atoms with Crippen LogP contribution in [0.25, 0.3) is 10.9 Å². The van der Waals surface area contributed by atoms with Crippen LogP contribution < -0.4 is 4.74 Å². The molecule has 2 aliphatic heterocycles. The van der Waals surface area contributed by atoms with Crippen LogP contribution in [0.1, 0.15) is 30.1 Å². The van der Waals surface area contributed by atoms with Gasteiger partial charge >= 0.3 is 5.97 Å². The van der Waals surface area contributed by atoms with Crippen LogP contribution in [0.3, 0.4) is 0 Å². The summed E-state index contributed by atoms with van der Waals surface area (Å²) >= 11 is 0. The molecule has 7 heteroatoms. The van der Waals surface area contributed by atoms with Crippen molar-refractivity contribution in [3.05, 3.63) is 29.5 Å². The molecule has 1 aromatic carbocycles. The lowest BCUT2D eigenvalue weighted by Crippen LogP contribution is -2.57. The monoisotopic (exact) mass is 414 g/mol. The fourth-order valence-electron chi connectivity index (χ4n) is 6.27. The molecule has 6 atom stereocenters. The first-order valence-corrected chi connectivity index (χ1v) is 10.8. The Hall–Kier alpha value is -2.09. The van der Waals surface area contributed by atoms with Crippen LogP contribution in [0.2, 0.25) is 0 Å². The number of esters is 1. The van der Waals surface area contributed by atoms with Crippen molar-refractivity contribution < 1.29 is 24.1 Å². The Labute approximate surface area is 176 Å². The second-order valence-electron chi connectivity index (χ2n) is 8.90. The van der Waals surface area contributed by atoms with Crippen molar-refractivity contribution in [3.63, 3.8) is 0 Å². The second-order valence-corrected chi connectivity index (χ2v) is 8.90. The SMILES string of the molecule is COC(=O)[C@@H]1[C@@H]2C[C@@H]3c4[nH]c5cc(OC)ccc5c4CCN3C[C@H]2C[C@H](O)[C@@H]1OC. The molecule has 1 aromatic heterocycles. The van der Waals surface area contributed by atoms with Gasteiger partial charge in [0.1, 0.15) is 5.75 Å². The molecule has 1 aliphatic carbocycles. The standard InChI is InChI=1S/C23H30N2O5/c1-28-13-4-5-14-15-6-7-25-11-12-8-19(26)22(29-2)20(23(27)30-3)16(12)10-18(25)21(15)24-17(14)9-13/h4-5,9,12,16,18-20,22,24,26H,6-8,10-11H2,1-3H3/t12-,16-,18-,19+,20-,22+/m1/s1. The van der Waals surface area contributed by atoms with E-state index in [1.54, 1.807) is 14.2 Å². The molecular formula is C23H30N2O5. The third kappa shape index (κ3) is 2.94. The average Bonchev–Trinajstić information content (AvgIpc) is 3.14. The quantitative estimate of drug-likeness (QED) is 0.750. The molecule has 30 heavy (non-hydrogen) atoms. The van der Waals surface area contributed by atoms with E-state index in [0.29, 0.717) is 6.42 Å². The van der Waals surface area contributed by atoms with Gasteiger partial charge in [-0.15, -0.1) is 0 Å². The molecule has 0 amide bonds. The van der Waals surface area contributed by atoms with Gasteiger partial charge in [-0.25, -0.2) is 0 Å². The Morgan fingerprint density at radius 2 is 2.07 bits per heavy atom. The molecule has 1 saturated carbocycles. The lowest BCUT2D eigenvalue weighted by atomic mass is 9.64. The summed E-state index contributed by atoms with van der Waals surface area (Å²) in [5.74, 6) is 0.514. The number of hydrogen-bond acceptors (Lipinski definition) is 6. The van der Waals surface area contributed by atoms with E-state index < -0.39 is 18.1 Å². The molecule has 2 fully saturated rings. The van der Waals surface area contributed by atoms with Gasteiger partial charge < -0.3 is 24.3 Å². The minimum Gasteiger partial charge on any atom is -0.497 e. The van der Waals surface area contributed by atoms with E-state index in [0.717, 1.165) is 37.2 Å². The van der Waals surface area contributed by atoms with E-state index >= 15 is 0 Å². The maximum atomic E-state index is 12.7. The Morgan fingerprint density at radius 3 is 2.80 bits per heavy atom. The number of nitrogens with zero attached hydrogens (tertiary/aromatic N) is 1. The number of rotatable bonds is 3. The number of piperidine rings is 1. The largest absolute Gasteiger partial charge is 0.497 e. The summed E-state index contributed by atoms with van der Waals surface area (Å²) in [4.78, 5) is 18.9. The summed E-state index contributed by atoms with van der Waals surface area (Å²) in [6, 6.07) is 6.44. The van der Waals surface area contributed by atoms with Gasteiger partial charge in [-0.2, -0.15) is 0 Å². The van der Waals surface area contributed by atoms with Crippen molar-refractivity contribution in [3.8, 4) is 5.75 Å². The van der Waals surface area contributed by atoms with E-state index in [1.807, 2.05) is 6.07 Å². The maximum absolute atomic E-state index is 12.7. The van der Waals surface area contributed by atoms with Gasteiger partial charge in [0.25, 0.3) is 0 Å². The molecule has 3 heterocycles. The van der Waals surface area contributed by atoms with Crippen molar-refractivity contribution in [1.29, 1.82) is 0 Å². The molecule has 7 nitrogen and oxygen atoms in total. The number of carbonyl (C=O) groups is 1. The fourth-order valence-corrected chi connectivity index (χ4v) is 6.27. The molecule has 162 valence electrons. The van der Waals surface area contributed by atoms with Crippen molar-refractivity contribution in [2.24, 2.45) is 17.8 Å². The predicted octanol–water partition coefficient (Wildman–Crippen LogP) is 2.28. The topological polar surface area (TPSA) is 84.0 Å². The fraction of sp³-hybridized carbons (Fsp3) is 0.609. The predicted molar refractivity (Wildman–Crippen MR) is 111 cm³/mol. The highest BCUT2D eigenvalue weighted by Gasteiger charge is 2.53. The minimum absolute atomic E-state index is 0.124. The first kappa shape index (κ1) is 19.8. The zero-order valence-corrected chi connectivity index (χ0v) is 17.8. The summed E-state index contributed by atoms with van der Waals surface area (Å²) in [6.07, 6.45) is 1.36. The molecule has 2 N–H and O–H groups in total. The first-order valence-electron chi connectivity index (χ1n) is 10.8. The summed E-state index contributed by atoms with van der Waals surface area (Å²) in [6.45, 7) is 1.88. The molecule has 5 rings (SSSR count). The van der Waals surface area contributed by atoms with E-state index in [9.17, 15) is 9.90 Å². The number of hydrogen-bond donors (Lipinski definition) is 2. The number of aromatic amines is 1. The molecule has 3 aliphatic rings. The van der Waals surface area contributed by atoms with Crippen molar-refractivity contribution in [2.75, 3.05) is 34.4 Å². The number of fused-ring (bicyclic) bond motifs is 6. The molecular weight excluding hydrogens is 384 g/mol. The highest BCUT2D eigenvalue weighted by atomic mass is 16.5. The van der Waals surface area contributed by atoms with E-state index in [2.05, 4.69) is 22.0 Å². The van der Waals surface area contributed by atoms with Crippen LogP contribution in [0.5, 0.6) is 5.75 Å². The highest BCUT2D eigenvalue weighted by molar-refractivity contribution is 5.86. The second kappa shape index (κ2) is 7.55. The normalized spacial score (nSPS) is 33.5. The summed E-state index contributed by atoms with van der Waals surface area (Å²) in [5.41, 5.74) is 3.73. The van der Waals surface area contributed by atoms with Gasteiger partial charge in [0.05, 0.1) is 38.4 Å². The van der Waals surface area contributed by atoms with E-state index in [4.69, 9.17) is 14.2 Å². The Kier molecular flexibility index (Phi) is 5.00. The Balaban J connectivity index is 1.52. The van der Waals surface area contributed by atoms with Crippen molar-refractivity contribution in [2.45, 2.75) is 37.5 Å². The zero-order chi connectivity index (χ0) is 21.0. The van der Waals surface area contributed by atoms with Crippen LogP contribution in [0, 0.1) is 17.8 Å². The van der Waals surface area contributed by atoms with Gasteiger partial charge in [0.2, 0.25) is 0 Å². The van der Waals surface area contributed by atoms with Crippen molar-refractivity contribution in [1.82, 2.24) is 9.88 Å². The summed E-state index contributed by atoms with van der Waals surface area (Å²) in [7, 11) is 4.68. The molecule has 0 bridgehead atoms. The molecule has 0 radical (unpaired) electrons. The summed E-state index contributed by atoms with van der Waals surface area (Å²) < 4.78 is 16.1. The molecule has 0 unspecified atom stereocenters. The molecule has 0 spiro atoms. The lowest BCUT2D eigenvalue weighted by Gasteiger charge is -2.52. The minimum atomic E-state index is -0.641. The van der Waals surface area contributed by atoms with Crippen LogP contribution in [-0.4, -0.2) is 67.6 Å². The molecule has 1 saturated heterocycles. The van der Waals surface area contributed by atoms with E-state index in [-0.39, 0.29) is 23.8 Å². The average molecular weight is 415 g/mol. The maximum Gasteiger partial charge on any atom is 0.311 e. The first-order chi connectivity index (χ1) is 14.5. The number of methoxy groups -OCH3 is 3. The number of aromatic nitrogens is 1. The number of nitrogens with one attached hydrogen (secondary N) is 1. The number of carbonyl (C=O) groups excluding carboxylic acids is 1. The third-order valence-electron chi connectivity index (χ3n) is 7.62. The van der Waals surface area contributed by atoms with E-state index in [1.165, 1.54) is 23.8 Å². The van der Waals surface area contributed by atoms with Gasteiger partial charge in [-0.05, 0) is 48.8 Å². The molecule has 2 aromatic rings. The number of aliphatic hydroxyl groups is 1. The Bertz CT molecular complexity index is 956. The highest BCUT2D eigenvalue weighted by Crippen LogP contribution is 2.50. The van der Waals surface area contributed by atoms with Crippen LogP contribution in [0.4, 0.5) is 0 Å². The van der Waals surface area contributed by atoms with Gasteiger partial charge in [-0.3, -0.25) is 9.69 Å². The number of H-pyrrole nitrogens is 1. The Morgan fingerprint density at radius 1 is 1.23 bits per heavy atom. The zero-order valence-electron chi connectivity index (χ0n) is 17.8. The summed E-state index contributed by atoms with van der Waals surface area (Å²) in [5, 5.41) is 11.9. The number of benzene rings is 1. The van der Waals surface area contributed by atoms with Crippen molar-refractivity contribution >= 4 is 16.9 Å². The number of ether oxygens (including phenoxy) is 3. The van der Waals surface area contributed by atoms with Crippen LogP contribution >= 0.6 is 0 Å². The van der Waals surface area contributed by atoms with Gasteiger partial charge in [0, 0.05) is 42.9 Å². The lowest BCUT2D eigenvalue weighted by molar-refractivity contribution is -0.175.